The number of rotatable bonds is 9. The van der Waals surface area contributed by atoms with Crippen LogP contribution in [-0.4, -0.2) is 45.0 Å². The number of benzene rings is 3. The lowest BCUT2D eigenvalue weighted by Crippen LogP contribution is -2.41. The number of ether oxygens (including phenoxy) is 1. The van der Waals surface area contributed by atoms with Crippen LogP contribution in [0.25, 0.3) is 0 Å². The van der Waals surface area contributed by atoms with Crippen LogP contribution in [0.2, 0.25) is 0 Å². The molecule has 1 saturated carbocycles. The van der Waals surface area contributed by atoms with E-state index in [1.54, 1.807) is 67.6 Å². The number of allylic oxidation sites excluding steroid dienone is 1. The highest BCUT2D eigenvalue weighted by atomic mass is 19.1. The van der Waals surface area contributed by atoms with E-state index in [2.05, 4.69) is 20.6 Å². The maximum Gasteiger partial charge on any atom is 0.258 e. The molecule has 0 radical (unpaired) electrons. The normalized spacial score (nSPS) is 16.3. The molecule has 1 aliphatic heterocycles. The number of hydrogen-bond donors (Lipinski definition) is 3. The predicted molar refractivity (Wildman–Crippen MR) is 159 cm³/mol. The highest BCUT2D eigenvalue weighted by molar-refractivity contribution is 6.05. The quantitative estimate of drug-likeness (QED) is 0.216. The Balaban J connectivity index is 1.07. The number of nitrogens with zero attached hydrogens (tertiary/aromatic N) is 4. The smallest absolute Gasteiger partial charge is 0.258 e. The van der Waals surface area contributed by atoms with Gasteiger partial charge in [0.1, 0.15) is 11.6 Å². The van der Waals surface area contributed by atoms with Gasteiger partial charge in [-0.25, -0.2) is 9.37 Å². The fourth-order valence-electron chi connectivity index (χ4n) is 4.81. The Kier molecular flexibility index (Phi) is 7.47. The zero-order valence-electron chi connectivity index (χ0n) is 23.5. The molecule has 43 heavy (non-hydrogen) atoms. The number of aliphatic hydroxyl groups is 1. The number of carbonyl (C=O) groups is 2. The molecule has 4 aromatic rings. The number of nitrogens with one attached hydrogen (secondary N) is 2. The Morgan fingerprint density at radius 1 is 0.953 bits per heavy atom. The van der Waals surface area contributed by atoms with Gasteiger partial charge in [0.25, 0.3) is 5.91 Å². The van der Waals surface area contributed by atoms with Gasteiger partial charge < -0.3 is 20.5 Å². The summed E-state index contributed by atoms with van der Waals surface area (Å²) in [4.78, 5) is 34.0. The number of aromatic nitrogens is 2. The largest absolute Gasteiger partial charge is 0.439 e. The average molecular weight is 581 g/mol. The molecule has 218 valence electrons. The summed E-state index contributed by atoms with van der Waals surface area (Å²) >= 11 is 0. The van der Waals surface area contributed by atoms with E-state index in [9.17, 15) is 19.1 Å². The van der Waals surface area contributed by atoms with Gasteiger partial charge in [-0.1, -0.05) is 0 Å². The molecule has 1 unspecified atom stereocenters. The Labute approximate surface area is 247 Å². The van der Waals surface area contributed by atoms with Crippen molar-refractivity contribution in [2.45, 2.75) is 26.0 Å². The second-order valence-electron chi connectivity index (χ2n) is 10.4. The molecule has 3 aromatic carbocycles. The standard InChI is InChI=1S/C32H29FN6O4/c1-19-28(31(42)39(38(19)2)25-13-7-22(33)8-14-25)30(41)35-23-11-15-26(16-12-23)43-27-17-18-34-32(37-27)36-24-9-5-21(6-10-24)29(40)20-3-4-20/h5-18,20,31,42H,3-4H2,1-2H3,(H,35,41)(H,34,36,37). The van der Waals surface area contributed by atoms with Gasteiger partial charge in [-0.05, 0) is 92.6 Å². The van der Waals surface area contributed by atoms with E-state index < -0.39 is 18.0 Å². The van der Waals surface area contributed by atoms with Crippen molar-refractivity contribution in [1.82, 2.24) is 15.0 Å². The first kappa shape index (κ1) is 27.9. The fraction of sp³-hybridized carbons (Fsp3) is 0.188. The van der Waals surface area contributed by atoms with Crippen LogP contribution >= 0.6 is 0 Å². The molecule has 2 heterocycles. The van der Waals surface area contributed by atoms with Crippen LogP contribution in [0.5, 0.6) is 11.6 Å². The molecule has 1 aliphatic carbocycles. The third kappa shape index (κ3) is 6.02. The summed E-state index contributed by atoms with van der Waals surface area (Å²) in [5.74, 6) is 0.639. The van der Waals surface area contributed by atoms with Gasteiger partial charge in [-0.15, -0.1) is 0 Å². The zero-order chi connectivity index (χ0) is 30.1. The second-order valence-corrected chi connectivity index (χ2v) is 10.4. The summed E-state index contributed by atoms with van der Waals surface area (Å²) in [6.07, 6.45) is 2.26. The Bertz CT molecular complexity index is 1690. The Morgan fingerprint density at radius 2 is 1.63 bits per heavy atom. The summed E-state index contributed by atoms with van der Waals surface area (Å²) < 4.78 is 19.3. The third-order valence-electron chi connectivity index (χ3n) is 7.36. The number of halogens is 1. The fourth-order valence-corrected chi connectivity index (χ4v) is 4.81. The minimum absolute atomic E-state index is 0.171. The van der Waals surface area contributed by atoms with E-state index in [-0.39, 0.29) is 17.3 Å². The zero-order valence-corrected chi connectivity index (χ0v) is 23.5. The monoisotopic (exact) mass is 580 g/mol. The number of Topliss-reactive ketones (excluding diaryl/α,β-unsaturated/α-hetero) is 1. The molecule has 1 fully saturated rings. The molecule has 0 bridgehead atoms. The lowest BCUT2D eigenvalue weighted by molar-refractivity contribution is -0.113. The van der Waals surface area contributed by atoms with E-state index >= 15 is 0 Å². The molecule has 0 saturated heterocycles. The van der Waals surface area contributed by atoms with Gasteiger partial charge in [-0.3, -0.25) is 19.6 Å². The molecule has 1 amide bonds. The number of carbonyl (C=O) groups excluding carboxylic acids is 2. The molecule has 3 N–H and O–H groups in total. The average Bonchev–Trinajstić information content (AvgIpc) is 3.82. The van der Waals surface area contributed by atoms with Crippen LogP contribution in [0.15, 0.2) is 96.3 Å². The topological polar surface area (TPSA) is 120 Å². The lowest BCUT2D eigenvalue weighted by atomic mass is 10.1. The van der Waals surface area contributed by atoms with Gasteiger partial charge in [0.2, 0.25) is 11.8 Å². The van der Waals surface area contributed by atoms with Crippen LogP contribution in [0.4, 0.5) is 27.4 Å². The van der Waals surface area contributed by atoms with Crippen LogP contribution in [0, 0.1) is 11.7 Å². The van der Waals surface area contributed by atoms with Crippen molar-refractivity contribution in [1.29, 1.82) is 0 Å². The van der Waals surface area contributed by atoms with E-state index in [0.29, 0.717) is 40.2 Å². The lowest BCUT2D eigenvalue weighted by Gasteiger charge is -2.31. The number of aliphatic hydroxyl groups excluding tert-OH is 1. The van der Waals surface area contributed by atoms with Gasteiger partial charge in [0, 0.05) is 47.9 Å². The maximum atomic E-state index is 13.4. The van der Waals surface area contributed by atoms with Crippen molar-refractivity contribution in [3.63, 3.8) is 0 Å². The van der Waals surface area contributed by atoms with Gasteiger partial charge in [0.15, 0.2) is 12.0 Å². The molecule has 1 aromatic heterocycles. The van der Waals surface area contributed by atoms with Crippen molar-refractivity contribution in [2.24, 2.45) is 5.92 Å². The molecule has 2 aliphatic rings. The van der Waals surface area contributed by atoms with Crippen molar-refractivity contribution >= 4 is 34.7 Å². The number of anilines is 4. The summed E-state index contributed by atoms with van der Waals surface area (Å²) in [5, 5.41) is 20.1. The van der Waals surface area contributed by atoms with E-state index in [4.69, 9.17) is 4.74 Å². The Morgan fingerprint density at radius 3 is 2.30 bits per heavy atom. The minimum Gasteiger partial charge on any atom is -0.439 e. The van der Waals surface area contributed by atoms with Crippen molar-refractivity contribution in [3.05, 3.63) is 108 Å². The first-order valence-corrected chi connectivity index (χ1v) is 13.8. The predicted octanol–water partition coefficient (Wildman–Crippen LogP) is 5.64. The summed E-state index contributed by atoms with van der Waals surface area (Å²) in [7, 11) is 1.72. The van der Waals surface area contributed by atoms with Crippen LogP contribution in [-0.2, 0) is 4.79 Å². The number of ketones is 1. The summed E-state index contributed by atoms with van der Waals surface area (Å²) in [5.41, 5.74) is 3.23. The molecular formula is C32H29FN6O4. The highest BCUT2D eigenvalue weighted by Crippen LogP contribution is 2.34. The van der Waals surface area contributed by atoms with Crippen molar-refractivity contribution in [3.8, 4) is 11.6 Å². The SMILES string of the molecule is CC1=C(C(=O)Nc2ccc(Oc3ccnc(Nc4ccc(C(=O)C5CC5)cc4)n3)cc2)C(O)N(c2ccc(F)cc2)N1C. The first-order valence-electron chi connectivity index (χ1n) is 13.8. The van der Waals surface area contributed by atoms with E-state index in [0.717, 1.165) is 18.5 Å². The summed E-state index contributed by atoms with van der Waals surface area (Å²) in [6.45, 7) is 1.73. The number of amides is 1. The minimum atomic E-state index is -1.25. The molecule has 0 spiro atoms. The van der Waals surface area contributed by atoms with Crippen LogP contribution in [0.3, 0.4) is 0 Å². The van der Waals surface area contributed by atoms with E-state index in [1.807, 2.05) is 12.1 Å². The van der Waals surface area contributed by atoms with Crippen LogP contribution in [0.1, 0.15) is 30.1 Å². The van der Waals surface area contributed by atoms with Crippen LogP contribution < -0.4 is 20.4 Å². The van der Waals surface area contributed by atoms with Crippen molar-refractivity contribution < 1.29 is 23.8 Å². The molecule has 11 heteroatoms. The first-order chi connectivity index (χ1) is 20.8. The third-order valence-corrected chi connectivity index (χ3v) is 7.36. The molecular weight excluding hydrogens is 551 g/mol. The highest BCUT2D eigenvalue weighted by Gasteiger charge is 2.38. The summed E-state index contributed by atoms with van der Waals surface area (Å²) in [6, 6.07) is 21.3. The van der Waals surface area contributed by atoms with Gasteiger partial charge in [-0.2, -0.15) is 4.98 Å². The van der Waals surface area contributed by atoms with Gasteiger partial charge >= 0.3 is 0 Å². The second kappa shape index (κ2) is 11.5. The van der Waals surface area contributed by atoms with Crippen molar-refractivity contribution in [2.75, 3.05) is 22.7 Å². The number of hydrogen-bond acceptors (Lipinski definition) is 9. The number of hydrazine groups is 1. The molecule has 1 atom stereocenters. The Hall–Kier alpha value is -5.29. The van der Waals surface area contributed by atoms with Gasteiger partial charge in [0.05, 0.1) is 11.3 Å². The van der Waals surface area contributed by atoms with E-state index in [1.165, 1.54) is 29.3 Å². The molecule has 6 rings (SSSR count). The molecule has 10 nitrogen and oxygen atoms in total. The maximum absolute atomic E-state index is 13.4.